The predicted octanol–water partition coefficient (Wildman–Crippen LogP) is 3.20. The van der Waals surface area contributed by atoms with Crippen molar-refractivity contribution < 1.29 is 19.9 Å². The summed E-state index contributed by atoms with van der Waals surface area (Å²) in [4.78, 5) is 0. The average Bonchev–Trinajstić information content (AvgIpc) is 3.18. The van der Waals surface area contributed by atoms with Crippen LogP contribution < -0.4 is 5.32 Å². The molecule has 3 rings (SSSR count). The normalized spacial score (nSPS) is 18.1. The molecule has 6 heteroatoms. The summed E-state index contributed by atoms with van der Waals surface area (Å²) in [5.41, 5.74) is 1.97. The molecular formula is C21H26Cl2NO3+. The molecule has 146 valence electrons. The van der Waals surface area contributed by atoms with E-state index in [9.17, 15) is 5.11 Å². The van der Waals surface area contributed by atoms with E-state index in [1.165, 1.54) is 0 Å². The topological polar surface area (TPSA) is 55.3 Å². The molecule has 0 unspecified atom stereocenters. The summed E-state index contributed by atoms with van der Waals surface area (Å²) in [6.07, 6.45) is 1.72. The van der Waals surface area contributed by atoms with E-state index in [0.29, 0.717) is 22.7 Å². The highest BCUT2D eigenvalue weighted by atomic mass is 35.5. The van der Waals surface area contributed by atoms with Gasteiger partial charge in [-0.05, 0) is 48.2 Å². The maximum atomic E-state index is 10.3. The van der Waals surface area contributed by atoms with E-state index in [-0.39, 0.29) is 12.7 Å². The van der Waals surface area contributed by atoms with Gasteiger partial charge in [-0.25, -0.2) is 0 Å². The Morgan fingerprint density at radius 2 is 1.63 bits per heavy atom. The number of hydrogen-bond donors (Lipinski definition) is 2. The zero-order chi connectivity index (χ0) is 19.1. The number of halogens is 2. The van der Waals surface area contributed by atoms with Crippen molar-refractivity contribution in [1.29, 1.82) is 0 Å². The molecule has 0 amide bonds. The molecule has 3 N–H and O–H groups in total. The minimum Gasteiger partial charge on any atom is -0.385 e. The Labute approximate surface area is 170 Å². The van der Waals surface area contributed by atoms with E-state index in [1.807, 2.05) is 48.5 Å². The Kier molecular flexibility index (Phi) is 7.94. The maximum absolute atomic E-state index is 10.3. The number of aliphatic hydroxyl groups is 1. The van der Waals surface area contributed by atoms with Crippen LogP contribution in [0.4, 0.5) is 0 Å². The molecular weight excluding hydrogens is 385 g/mol. The quantitative estimate of drug-likeness (QED) is 0.667. The molecule has 0 aromatic heterocycles. The number of quaternary nitrogens is 1. The fourth-order valence-electron chi connectivity index (χ4n) is 3.24. The van der Waals surface area contributed by atoms with Gasteiger partial charge >= 0.3 is 0 Å². The van der Waals surface area contributed by atoms with E-state index in [1.54, 1.807) is 0 Å². The van der Waals surface area contributed by atoms with Gasteiger partial charge in [-0.2, -0.15) is 0 Å². The minimum atomic E-state index is -0.548. The van der Waals surface area contributed by atoms with Crippen LogP contribution in [0.5, 0.6) is 0 Å². The van der Waals surface area contributed by atoms with Crippen molar-refractivity contribution in [2.75, 3.05) is 26.3 Å². The molecule has 0 radical (unpaired) electrons. The standard InChI is InChI=1S/C21H25Cl2NO3/c22-17-7-3-15(4-8-17)21(16-5-9-18(23)10-6-16)27-14-19(25)12-24-13-20-2-1-11-26-20/h3-10,19-21,24-25H,1-2,11-14H2/p+1/t19-,20-/m0/s1. The van der Waals surface area contributed by atoms with Gasteiger partial charge in [0.15, 0.2) is 0 Å². The van der Waals surface area contributed by atoms with Crippen molar-refractivity contribution >= 4 is 23.2 Å². The molecule has 2 atom stereocenters. The molecule has 0 aliphatic carbocycles. The summed E-state index contributed by atoms with van der Waals surface area (Å²) in [5, 5.41) is 13.8. The molecule has 1 aliphatic heterocycles. The second-order valence-corrected chi connectivity index (χ2v) is 7.74. The van der Waals surface area contributed by atoms with Crippen molar-refractivity contribution in [2.45, 2.75) is 31.2 Å². The van der Waals surface area contributed by atoms with Crippen LogP contribution >= 0.6 is 23.2 Å². The summed E-state index contributed by atoms with van der Waals surface area (Å²) < 4.78 is 11.7. The number of aliphatic hydroxyl groups excluding tert-OH is 1. The number of hydrogen-bond acceptors (Lipinski definition) is 3. The molecule has 1 heterocycles. The van der Waals surface area contributed by atoms with Crippen molar-refractivity contribution in [3.8, 4) is 0 Å². The molecule has 1 aliphatic rings. The monoisotopic (exact) mass is 410 g/mol. The van der Waals surface area contributed by atoms with Crippen LogP contribution in [0.1, 0.15) is 30.1 Å². The lowest BCUT2D eigenvalue weighted by atomic mass is 10.0. The molecule has 2 aromatic carbocycles. The predicted molar refractivity (Wildman–Crippen MR) is 107 cm³/mol. The van der Waals surface area contributed by atoms with Crippen LogP contribution in [0.3, 0.4) is 0 Å². The van der Waals surface area contributed by atoms with Gasteiger partial charge < -0.3 is 19.9 Å². The number of rotatable bonds is 9. The second kappa shape index (κ2) is 10.4. The lowest BCUT2D eigenvalue weighted by Crippen LogP contribution is -2.88. The van der Waals surface area contributed by atoms with Gasteiger partial charge in [-0.3, -0.25) is 0 Å². The second-order valence-electron chi connectivity index (χ2n) is 6.87. The first-order valence-corrected chi connectivity index (χ1v) is 10.1. The molecule has 0 bridgehead atoms. The van der Waals surface area contributed by atoms with Crippen molar-refractivity contribution in [1.82, 2.24) is 0 Å². The molecule has 1 fully saturated rings. The van der Waals surface area contributed by atoms with Crippen LogP contribution in [0.15, 0.2) is 48.5 Å². The molecule has 0 saturated carbocycles. The van der Waals surface area contributed by atoms with Crippen molar-refractivity contribution in [3.63, 3.8) is 0 Å². The van der Waals surface area contributed by atoms with Crippen LogP contribution in [0.25, 0.3) is 0 Å². The first kappa shape index (κ1) is 20.6. The molecule has 2 aromatic rings. The molecule has 0 spiro atoms. The van der Waals surface area contributed by atoms with Gasteiger partial charge in [0.1, 0.15) is 31.4 Å². The fourth-order valence-corrected chi connectivity index (χ4v) is 3.49. The summed E-state index contributed by atoms with van der Waals surface area (Å²) in [5.74, 6) is 0. The van der Waals surface area contributed by atoms with Gasteiger partial charge in [0.2, 0.25) is 0 Å². The Bertz CT molecular complexity index is 642. The largest absolute Gasteiger partial charge is 0.385 e. The highest BCUT2D eigenvalue weighted by Gasteiger charge is 2.20. The smallest absolute Gasteiger partial charge is 0.126 e. The Morgan fingerprint density at radius 3 is 2.15 bits per heavy atom. The van der Waals surface area contributed by atoms with Crippen LogP contribution in [-0.4, -0.2) is 43.6 Å². The summed E-state index contributed by atoms with van der Waals surface area (Å²) in [6.45, 7) is 2.58. The highest BCUT2D eigenvalue weighted by molar-refractivity contribution is 6.30. The lowest BCUT2D eigenvalue weighted by molar-refractivity contribution is -0.667. The average molecular weight is 411 g/mol. The number of ether oxygens (including phenoxy) is 2. The van der Waals surface area contributed by atoms with Crippen LogP contribution in [-0.2, 0) is 9.47 Å². The highest BCUT2D eigenvalue weighted by Crippen LogP contribution is 2.28. The first-order valence-electron chi connectivity index (χ1n) is 9.35. The van der Waals surface area contributed by atoms with E-state index in [0.717, 1.165) is 37.1 Å². The zero-order valence-electron chi connectivity index (χ0n) is 15.2. The molecule has 4 nitrogen and oxygen atoms in total. The first-order chi connectivity index (χ1) is 13.1. The lowest BCUT2D eigenvalue weighted by Gasteiger charge is -2.21. The van der Waals surface area contributed by atoms with Gasteiger partial charge in [-0.1, -0.05) is 47.5 Å². The summed E-state index contributed by atoms with van der Waals surface area (Å²) in [6, 6.07) is 15.1. The third kappa shape index (κ3) is 6.46. The molecule has 27 heavy (non-hydrogen) atoms. The van der Waals surface area contributed by atoms with E-state index in [4.69, 9.17) is 32.7 Å². The summed E-state index contributed by atoms with van der Waals surface area (Å²) in [7, 11) is 0. The van der Waals surface area contributed by atoms with Crippen molar-refractivity contribution in [2.24, 2.45) is 0 Å². The third-order valence-corrected chi connectivity index (χ3v) is 5.20. The Morgan fingerprint density at radius 1 is 1.04 bits per heavy atom. The van der Waals surface area contributed by atoms with Gasteiger partial charge in [0, 0.05) is 16.7 Å². The third-order valence-electron chi connectivity index (χ3n) is 4.69. The maximum Gasteiger partial charge on any atom is 0.126 e. The van der Waals surface area contributed by atoms with Crippen LogP contribution in [0, 0.1) is 0 Å². The van der Waals surface area contributed by atoms with Gasteiger partial charge in [0.25, 0.3) is 0 Å². The van der Waals surface area contributed by atoms with Gasteiger partial charge in [0.05, 0.1) is 6.61 Å². The van der Waals surface area contributed by atoms with Gasteiger partial charge in [-0.15, -0.1) is 0 Å². The number of nitrogens with two attached hydrogens (primary N) is 1. The Balaban J connectivity index is 1.57. The van der Waals surface area contributed by atoms with E-state index >= 15 is 0 Å². The SMILES string of the molecule is O[C@@H](C[NH2+]C[C@@H]1CCCO1)COC(c1ccc(Cl)cc1)c1ccc(Cl)cc1. The van der Waals surface area contributed by atoms with Crippen molar-refractivity contribution in [3.05, 3.63) is 69.7 Å². The van der Waals surface area contributed by atoms with Crippen LogP contribution in [0.2, 0.25) is 10.0 Å². The zero-order valence-corrected chi connectivity index (χ0v) is 16.7. The minimum absolute atomic E-state index is 0.248. The fraction of sp³-hybridized carbons (Fsp3) is 0.429. The number of benzene rings is 2. The van der Waals surface area contributed by atoms with E-state index in [2.05, 4.69) is 5.32 Å². The van der Waals surface area contributed by atoms with E-state index < -0.39 is 6.10 Å². The Hall–Kier alpha value is -1.14. The molecule has 1 saturated heterocycles. The summed E-state index contributed by atoms with van der Waals surface area (Å²) >= 11 is 12.0.